The molecule has 3 N–H and O–H groups in total. The van der Waals surface area contributed by atoms with Crippen LogP contribution in [0.5, 0.6) is 0 Å². The number of nitrogens with zero attached hydrogens (tertiary/aromatic N) is 1. The number of guanidine groups is 1. The third kappa shape index (κ3) is 11.6. The first-order valence-electron chi connectivity index (χ1n) is 8.83. The summed E-state index contributed by atoms with van der Waals surface area (Å²) in [5, 5.41) is 9.51. The van der Waals surface area contributed by atoms with Gasteiger partial charge in [-0.1, -0.05) is 33.1 Å². The molecule has 0 unspecified atom stereocenters. The zero-order chi connectivity index (χ0) is 16.2. The standard InChI is InChI=1S/C17H34N4O.HI/c1-14(2)9-10-20-17(18-3)21-12-11-19-16(22)13-15-7-5-4-6-8-15;/h14-15H,4-13H2,1-3H3,(H,19,22)(H2,18,20,21);1H. The van der Waals surface area contributed by atoms with Crippen LogP contribution in [0.15, 0.2) is 4.99 Å². The SMILES string of the molecule is CN=C(NCCNC(=O)CC1CCCCC1)NCCC(C)C.I. The molecule has 6 heteroatoms. The van der Waals surface area contributed by atoms with Gasteiger partial charge in [0.25, 0.3) is 0 Å². The van der Waals surface area contributed by atoms with E-state index in [0.717, 1.165) is 18.9 Å². The lowest BCUT2D eigenvalue weighted by molar-refractivity contribution is -0.122. The topological polar surface area (TPSA) is 65.5 Å². The van der Waals surface area contributed by atoms with E-state index >= 15 is 0 Å². The van der Waals surface area contributed by atoms with Gasteiger partial charge in [-0.3, -0.25) is 9.79 Å². The van der Waals surface area contributed by atoms with Gasteiger partial charge in [0.2, 0.25) is 5.91 Å². The summed E-state index contributed by atoms with van der Waals surface area (Å²) < 4.78 is 0. The Balaban J connectivity index is 0.00000484. The fraction of sp³-hybridized carbons (Fsp3) is 0.882. The molecule has 1 aliphatic carbocycles. The van der Waals surface area contributed by atoms with Crippen molar-refractivity contribution >= 4 is 35.8 Å². The van der Waals surface area contributed by atoms with E-state index in [1.165, 1.54) is 32.1 Å². The van der Waals surface area contributed by atoms with Gasteiger partial charge < -0.3 is 16.0 Å². The highest BCUT2D eigenvalue weighted by Gasteiger charge is 2.16. The van der Waals surface area contributed by atoms with Gasteiger partial charge in [-0.25, -0.2) is 0 Å². The first-order valence-corrected chi connectivity index (χ1v) is 8.83. The van der Waals surface area contributed by atoms with Crippen molar-refractivity contribution < 1.29 is 4.79 Å². The summed E-state index contributed by atoms with van der Waals surface area (Å²) in [6, 6.07) is 0. The van der Waals surface area contributed by atoms with E-state index in [1.807, 2.05) is 0 Å². The van der Waals surface area contributed by atoms with Gasteiger partial charge in [-0.05, 0) is 31.1 Å². The molecule has 5 nitrogen and oxygen atoms in total. The van der Waals surface area contributed by atoms with Gasteiger partial charge in [-0.15, -0.1) is 24.0 Å². The number of rotatable bonds is 8. The van der Waals surface area contributed by atoms with Gasteiger partial charge in [0.1, 0.15) is 0 Å². The number of halogens is 1. The Morgan fingerprint density at radius 1 is 1.04 bits per heavy atom. The second kappa shape index (κ2) is 13.9. The molecule has 1 saturated carbocycles. The predicted octanol–water partition coefficient (Wildman–Crippen LogP) is 2.90. The van der Waals surface area contributed by atoms with Crippen LogP contribution < -0.4 is 16.0 Å². The smallest absolute Gasteiger partial charge is 0.220 e. The van der Waals surface area contributed by atoms with Crippen molar-refractivity contribution in [1.82, 2.24) is 16.0 Å². The fourth-order valence-corrected chi connectivity index (χ4v) is 2.81. The molecule has 0 aliphatic heterocycles. The molecule has 0 radical (unpaired) electrons. The van der Waals surface area contributed by atoms with Crippen LogP contribution in [0.25, 0.3) is 0 Å². The number of hydrogen-bond acceptors (Lipinski definition) is 2. The lowest BCUT2D eigenvalue weighted by atomic mass is 9.87. The number of amides is 1. The maximum absolute atomic E-state index is 11.9. The van der Waals surface area contributed by atoms with Crippen LogP contribution in [-0.2, 0) is 4.79 Å². The first kappa shape index (κ1) is 22.5. The lowest BCUT2D eigenvalue weighted by Gasteiger charge is -2.20. The minimum absolute atomic E-state index is 0. The summed E-state index contributed by atoms with van der Waals surface area (Å²) in [5.41, 5.74) is 0. The Kier molecular flexibility index (Phi) is 13.5. The van der Waals surface area contributed by atoms with Crippen molar-refractivity contribution in [3.63, 3.8) is 0 Å². The molecule has 1 aliphatic rings. The highest BCUT2D eigenvalue weighted by molar-refractivity contribution is 14.0. The van der Waals surface area contributed by atoms with Gasteiger partial charge in [0, 0.05) is 33.1 Å². The minimum Gasteiger partial charge on any atom is -0.356 e. The Labute approximate surface area is 158 Å². The Bertz CT molecular complexity index is 341. The molecular weight excluding hydrogens is 403 g/mol. The highest BCUT2D eigenvalue weighted by Crippen LogP contribution is 2.25. The van der Waals surface area contributed by atoms with Crippen molar-refractivity contribution in [2.24, 2.45) is 16.8 Å². The summed E-state index contributed by atoms with van der Waals surface area (Å²) in [4.78, 5) is 16.1. The predicted molar refractivity (Wildman–Crippen MR) is 108 cm³/mol. The Morgan fingerprint density at radius 2 is 1.65 bits per heavy atom. The number of carbonyl (C=O) groups is 1. The molecule has 0 heterocycles. The molecule has 0 atom stereocenters. The second-order valence-corrected chi connectivity index (χ2v) is 6.67. The van der Waals surface area contributed by atoms with Gasteiger partial charge in [-0.2, -0.15) is 0 Å². The molecule has 0 saturated heterocycles. The first-order chi connectivity index (χ1) is 10.6. The maximum Gasteiger partial charge on any atom is 0.220 e. The normalized spacial score (nSPS) is 15.9. The van der Waals surface area contributed by atoms with Crippen LogP contribution in [0.2, 0.25) is 0 Å². The van der Waals surface area contributed by atoms with Gasteiger partial charge >= 0.3 is 0 Å². The van der Waals surface area contributed by atoms with E-state index in [9.17, 15) is 4.79 Å². The molecule has 1 fully saturated rings. The van der Waals surface area contributed by atoms with Gasteiger partial charge in [0.15, 0.2) is 5.96 Å². The average molecular weight is 438 g/mol. The number of aliphatic imine (C=N–C) groups is 1. The molecule has 0 aromatic heterocycles. The molecule has 0 aromatic carbocycles. The van der Waals surface area contributed by atoms with Crippen LogP contribution in [0.1, 0.15) is 58.8 Å². The van der Waals surface area contributed by atoms with E-state index in [1.54, 1.807) is 7.05 Å². The molecule has 0 aromatic rings. The lowest BCUT2D eigenvalue weighted by Crippen LogP contribution is -2.42. The van der Waals surface area contributed by atoms with E-state index in [4.69, 9.17) is 0 Å². The second-order valence-electron chi connectivity index (χ2n) is 6.67. The average Bonchev–Trinajstić information content (AvgIpc) is 2.50. The van der Waals surface area contributed by atoms with Crippen LogP contribution >= 0.6 is 24.0 Å². The monoisotopic (exact) mass is 438 g/mol. The summed E-state index contributed by atoms with van der Waals surface area (Å²) in [7, 11) is 1.77. The number of hydrogen-bond donors (Lipinski definition) is 3. The summed E-state index contributed by atoms with van der Waals surface area (Å²) in [6.07, 6.45) is 8.18. The summed E-state index contributed by atoms with van der Waals surface area (Å²) in [5.74, 6) is 2.29. The summed E-state index contributed by atoms with van der Waals surface area (Å²) >= 11 is 0. The van der Waals surface area contributed by atoms with E-state index < -0.39 is 0 Å². The molecular formula is C17H35IN4O. The Hall–Kier alpha value is -0.530. The Morgan fingerprint density at radius 3 is 2.26 bits per heavy atom. The van der Waals surface area contributed by atoms with Crippen LogP contribution in [-0.4, -0.2) is 38.5 Å². The third-order valence-electron chi connectivity index (χ3n) is 4.18. The molecule has 1 amide bonds. The highest BCUT2D eigenvalue weighted by atomic mass is 127. The molecule has 1 rings (SSSR count). The van der Waals surface area contributed by atoms with E-state index in [2.05, 4.69) is 34.8 Å². The number of carbonyl (C=O) groups excluding carboxylic acids is 1. The molecule has 136 valence electrons. The van der Waals surface area contributed by atoms with Crippen LogP contribution in [0.3, 0.4) is 0 Å². The van der Waals surface area contributed by atoms with Crippen LogP contribution in [0.4, 0.5) is 0 Å². The fourth-order valence-electron chi connectivity index (χ4n) is 2.81. The van der Waals surface area contributed by atoms with Crippen molar-refractivity contribution in [2.45, 2.75) is 58.8 Å². The minimum atomic E-state index is 0. The van der Waals surface area contributed by atoms with Crippen molar-refractivity contribution in [1.29, 1.82) is 0 Å². The quantitative estimate of drug-likeness (QED) is 0.236. The largest absolute Gasteiger partial charge is 0.356 e. The van der Waals surface area contributed by atoms with E-state index in [0.29, 0.717) is 31.3 Å². The molecule has 0 spiro atoms. The summed E-state index contributed by atoms with van der Waals surface area (Å²) in [6.45, 7) is 6.69. The zero-order valence-electron chi connectivity index (χ0n) is 15.0. The van der Waals surface area contributed by atoms with Crippen molar-refractivity contribution in [3.8, 4) is 0 Å². The third-order valence-corrected chi connectivity index (χ3v) is 4.18. The van der Waals surface area contributed by atoms with E-state index in [-0.39, 0.29) is 29.9 Å². The van der Waals surface area contributed by atoms with Crippen LogP contribution in [0, 0.1) is 11.8 Å². The molecule has 23 heavy (non-hydrogen) atoms. The van der Waals surface area contributed by atoms with Crippen molar-refractivity contribution in [3.05, 3.63) is 0 Å². The maximum atomic E-state index is 11.9. The number of nitrogens with one attached hydrogen (secondary N) is 3. The molecule has 0 bridgehead atoms. The van der Waals surface area contributed by atoms with Crippen molar-refractivity contribution in [2.75, 3.05) is 26.7 Å². The van der Waals surface area contributed by atoms with Gasteiger partial charge in [0.05, 0.1) is 0 Å². The zero-order valence-corrected chi connectivity index (χ0v) is 17.3.